The van der Waals surface area contributed by atoms with Crippen LogP contribution in [-0.2, 0) is 0 Å². The molecule has 1 N–H and O–H groups in total. The van der Waals surface area contributed by atoms with E-state index in [1.54, 1.807) is 18.4 Å². The van der Waals surface area contributed by atoms with Crippen LogP contribution in [0.15, 0.2) is 48.7 Å². The predicted octanol–water partition coefficient (Wildman–Crippen LogP) is 4.44. The minimum absolute atomic E-state index is 0.00652. The molecule has 2 aromatic heterocycles. The van der Waals surface area contributed by atoms with Crippen LogP contribution in [0.5, 0.6) is 5.75 Å². The molecule has 0 aliphatic carbocycles. The molecule has 31 heavy (non-hydrogen) atoms. The Bertz CT molecular complexity index is 1250. The van der Waals surface area contributed by atoms with E-state index >= 15 is 0 Å². The largest absolute Gasteiger partial charge is 0.497 e. The Balaban J connectivity index is 1.37. The van der Waals surface area contributed by atoms with Crippen molar-refractivity contribution in [1.82, 2.24) is 19.6 Å². The standard InChI is InChI=1S/C24H26N4O2S/c1-3-27-11-5-7-18(27)14-25-23(29)17-9-10-21-22(13-17)31-24-26-20(15-28(21)24)16-6-4-8-19(12-16)30-2/h4,6,8-10,12-13,15,18H,3,5,7,11,14H2,1-2H3,(H,25,29)/t18-/m0/s1. The second-order valence-corrected chi connectivity index (χ2v) is 8.94. The lowest BCUT2D eigenvalue weighted by molar-refractivity contribution is 0.0941. The van der Waals surface area contributed by atoms with Gasteiger partial charge in [0.2, 0.25) is 0 Å². The van der Waals surface area contributed by atoms with Gasteiger partial charge in [0, 0.05) is 29.9 Å². The Labute approximate surface area is 185 Å². The van der Waals surface area contributed by atoms with Crippen LogP contribution in [0.25, 0.3) is 26.4 Å². The van der Waals surface area contributed by atoms with Crippen molar-refractivity contribution in [3.63, 3.8) is 0 Å². The molecule has 1 saturated heterocycles. The smallest absolute Gasteiger partial charge is 0.251 e. The number of benzene rings is 2. The van der Waals surface area contributed by atoms with Gasteiger partial charge in [0.1, 0.15) is 5.75 Å². The Kier molecular flexibility index (Phi) is 5.38. The van der Waals surface area contributed by atoms with Crippen LogP contribution in [-0.4, -0.2) is 53.0 Å². The van der Waals surface area contributed by atoms with Crippen molar-refractivity contribution in [2.75, 3.05) is 26.7 Å². The summed E-state index contributed by atoms with van der Waals surface area (Å²) in [6, 6.07) is 14.3. The van der Waals surface area contributed by atoms with Crippen molar-refractivity contribution in [3.8, 4) is 17.0 Å². The zero-order valence-corrected chi connectivity index (χ0v) is 18.6. The highest BCUT2D eigenvalue weighted by Gasteiger charge is 2.23. The molecule has 1 aliphatic rings. The van der Waals surface area contributed by atoms with Gasteiger partial charge in [0.15, 0.2) is 4.96 Å². The first-order valence-corrected chi connectivity index (χ1v) is 11.6. The third-order valence-electron chi connectivity index (χ3n) is 6.13. The van der Waals surface area contributed by atoms with Gasteiger partial charge in [0.25, 0.3) is 5.91 Å². The fourth-order valence-electron chi connectivity index (χ4n) is 4.42. The van der Waals surface area contributed by atoms with E-state index in [4.69, 9.17) is 9.72 Å². The summed E-state index contributed by atoms with van der Waals surface area (Å²) in [4.78, 5) is 20.9. The van der Waals surface area contributed by atoms with Crippen LogP contribution in [0, 0.1) is 0 Å². The number of rotatable bonds is 6. The summed E-state index contributed by atoms with van der Waals surface area (Å²) >= 11 is 1.60. The van der Waals surface area contributed by atoms with Gasteiger partial charge in [-0.25, -0.2) is 4.98 Å². The molecule has 0 radical (unpaired) electrons. The lowest BCUT2D eigenvalue weighted by atomic mass is 10.1. The number of aromatic nitrogens is 2. The number of hydrogen-bond donors (Lipinski definition) is 1. The molecule has 4 aromatic rings. The second-order valence-electron chi connectivity index (χ2n) is 7.93. The number of fused-ring (bicyclic) bond motifs is 3. The molecule has 0 bridgehead atoms. The maximum absolute atomic E-state index is 12.7. The summed E-state index contributed by atoms with van der Waals surface area (Å²) in [5, 5.41) is 3.13. The molecule has 1 fully saturated rings. The predicted molar refractivity (Wildman–Crippen MR) is 125 cm³/mol. The van der Waals surface area contributed by atoms with E-state index in [0.29, 0.717) is 18.2 Å². The average molecular weight is 435 g/mol. The SMILES string of the molecule is CCN1CCC[C@H]1CNC(=O)c1ccc2c(c1)sc1nc(-c3cccc(OC)c3)cn12. The monoisotopic (exact) mass is 434 g/mol. The minimum Gasteiger partial charge on any atom is -0.497 e. The highest BCUT2D eigenvalue weighted by atomic mass is 32.1. The number of hydrogen-bond acceptors (Lipinski definition) is 5. The molecule has 2 aromatic carbocycles. The number of imidazole rings is 1. The maximum atomic E-state index is 12.7. The van der Waals surface area contributed by atoms with Crippen LogP contribution in [0.3, 0.4) is 0 Å². The van der Waals surface area contributed by atoms with Crippen molar-refractivity contribution >= 4 is 32.4 Å². The lowest BCUT2D eigenvalue weighted by Gasteiger charge is -2.22. The zero-order valence-electron chi connectivity index (χ0n) is 17.8. The van der Waals surface area contributed by atoms with Crippen molar-refractivity contribution in [2.45, 2.75) is 25.8 Å². The number of likely N-dealkylation sites (N-methyl/N-ethyl adjacent to an activating group) is 1. The van der Waals surface area contributed by atoms with Crippen LogP contribution in [0.4, 0.5) is 0 Å². The van der Waals surface area contributed by atoms with Gasteiger partial charge in [-0.05, 0) is 56.3 Å². The molecule has 1 atom stereocenters. The van der Waals surface area contributed by atoms with E-state index in [-0.39, 0.29) is 5.91 Å². The van der Waals surface area contributed by atoms with Crippen LogP contribution < -0.4 is 10.1 Å². The van der Waals surface area contributed by atoms with E-state index in [0.717, 1.165) is 51.7 Å². The van der Waals surface area contributed by atoms with Crippen LogP contribution in [0.1, 0.15) is 30.1 Å². The number of amides is 1. The number of thiazole rings is 1. The number of carbonyl (C=O) groups is 1. The Hall–Kier alpha value is -2.90. The fourth-order valence-corrected chi connectivity index (χ4v) is 5.47. The van der Waals surface area contributed by atoms with Gasteiger partial charge < -0.3 is 10.1 Å². The maximum Gasteiger partial charge on any atom is 0.251 e. The van der Waals surface area contributed by atoms with Gasteiger partial charge in [-0.3, -0.25) is 14.1 Å². The summed E-state index contributed by atoms with van der Waals surface area (Å²) in [6.45, 7) is 5.07. The van der Waals surface area contributed by atoms with E-state index in [9.17, 15) is 4.79 Å². The third-order valence-corrected chi connectivity index (χ3v) is 7.14. The summed E-state index contributed by atoms with van der Waals surface area (Å²) in [5.74, 6) is 0.807. The number of likely N-dealkylation sites (tertiary alicyclic amines) is 1. The van der Waals surface area contributed by atoms with Crippen molar-refractivity contribution < 1.29 is 9.53 Å². The molecular formula is C24H26N4O2S. The highest BCUT2D eigenvalue weighted by molar-refractivity contribution is 7.23. The Morgan fingerprint density at radius 2 is 2.19 bits per heavy atom. The fraction of sp³-hybridized carbons (Fsp3) is 0.333. The molecule has 1 aliphatic heterocycles. The number of methoxy groups -OCH3 is 1. The number of ether oxygens (including phenoxy) is 1. The molecule has 1 amide bonds. The number of nitrogens with one attached hydrogen (secondary N) is 1. The van der Waals surface area contributed by atoms with Gasteiger partial charge in [0.05, 0.1) is 23.0 Å². The summed E-state index contributed by atoms with van der Waals surface area (Å²) in [7, 11) is 1.67. The molecule has 0 unspecified atom stereocenters. The Morgan fingerprint density at radius 1 is 1.29 bits per heavy atom. The molecule has 0 spiro atoms. The van der Waals surface area contributed by atoms with Crippen LogP contribution in [0.2, 0.25) is 0 Å². The van der Waals surface area contributed by atoms with Gasteiger partial charge in [-0.2, -0.15) is 0 Å². The summed E-state index contributed by atoms with van der Waals surface area (Å²) < 4.78 is 8.48. The van der Waals surface area contributed by atoms with E-state index in [1.807, 2.05) is 48.7 Å². The molecule has 3 heterocycles. The van der Waals surface area contributed by atoms with Gasteiger partial charge >= 0.3 is 0 Å². The van der Waals surface area contributed by atoms with E-state index < -0.39 is 0 Å². The molecular weight excluding hydrogens is 408 g/mol. The summed E-state index contributed by atoms with van der Waals surface area (Å²) in [5.41, 5.74) is 3.69. The lowest BCUT2D eigenvalue weighted by Crippen LogP contribution is -2.40. The molecule has 160 valence electrons. The first-order chi connectivity index (χ1) is 15.2. The molecule has 6 nitrogen and oxygen atoms in total. The first-order valence-electron chi connectivity index (χ1n) is 10.7. The van der Waals surface area contributed by atoms with E-state index in [1.165, 1.54) is 6.42 Å². The highest BCUT2D eigenvalue weighted by Crippen LogP contribution is 2.31. The second kappa shape index (κ2) is 8.32. The number of nitrogens with zero attached hydrogens (tertiary/aromatic N) is 3. The van der Waals surface area contributed by atoms with Crippen molar-refractivity contribution in [3.05, 3.63) is 54.2 Å². The number of carbonyl (C=O) groups excluding carboxylic acids is 1. The molecule has 5 rings (SSSR count). The normalized spacial score (nSPS) is 16.9. The molecule has 7 heteroatoms. The minimum atomic E-state index is -0.00652. The zero-order chi connectivity index (χ0) is 21.4. The Morgan fingerprint density at radius 3 is 3.03 bits per heavy atom. The van der Waals surface area contributed by atoms with Crippen molar-refractivity contribution in [1.29, 1.82) is 0 Å². The summed E-state index contributed by atoms with van der Waals surface area (Å²) in [6.07, 6.45) is 4.42. The van der Waals surface area contributed by atoms with Gasteiger partial charge in [-0.15, -0.1) is 0 Å². The first kappa shape index (κ1) is 20.0. The van der Waals surface area contributed by atoms with Gasteiger partial charge in [-0.1, -0.05) is 30.4 Å². The third kappa shape index (κ3) is 3.79. The van der Waals surface area contributed by atoms with Crippen molar-refractivity contribution in [2.24, 2.45) is 0 Å². The molecule has 0 saturated carbocycles. The van der Waals surface area contributed by atoms with E-state index in [2.05, 4.69) is 21.5 Å². The van der Waals surface area contributed by atoms with Crippen LogP contribution >= 0.6 is 11.3 Å². The average Bonchev–Trinajstić information content (AvgIpc) is 3.51. The quantitative estimate of drug-likeness (QED) is 0.487. The topological polar surface area (TPSA) is 58.9 Å².